The molecule has 0 bridgehead atoms. The number of aliphatic hydroxyl groups excluding tert-OH is 1. The minimum atomic E-state index is -1.06. The summed E-state index contributed by atoms with van der Waals surface area (Å²) in [6, 6.07) is 5.25. The van der Waals surface area contributed by atoms with E-state index in [1.54, 1.807) is 39.2 Å². The predicted octanol–water partition coefficient (Wildman–Crippen LogP) is 0.105. The van der Waals surface area contributed by atoms with Gasteiger partial charge in [0.1, 0.15) is 11.5 Å². The molecule has 1 saturated heterocycles. The van der Waals surface area contributed by atoms with E-state index in [4.69, 9.17) is 0 Å². The highest BCUT2D eigenvalue weighted by molar-refractivity contribution is 5.92. The number of amides is 1. The van der Waals surface area contributed by atoms with E-state index in [0.717, 1.165) is 0 Å². The first-order valence-corrected chi connectivity index (χ1v) is 6.65. The van der Waals surface area contributed by atoms with Crippen LogP contribution in [0.5, 0.6) is 0 Å². The normalized spacial score (nSPS) is 26.4. The summed E-state index contributed by atoms with van der Waals surface area (Å²) < 4.78 is 0. The summed E-state index contributed by atoms with van der Waals surface area (Å²) in [4.78, 5) is 19.6. The Morgan fingerprint density at radius 3 is 2.80 bits per heavy atom. The van der Waals surface area contributed by atoms with Crippen LogP contribution >= 0.6 is 0 Å². The molecular formula is C14H21N3O3. The minimum Gasteiger partial charge on any atom is -0.388 e. The topological polar surface area (TPSA) is 76.9 Å². The summed E-state index contributed by atoms with van der Waals surface area (Å²) >= 11 is 0. The molecule has 2 unspecified atom stereocenters. The second-order valence-electron chi connectivity index (χ2n) is 5.65. The van der Waals surface area contributed by atoms with E-state index >= 15 is 0 Å². The fourth-order valence-corrected chi connectivity index (χ4v) is 2.18. The molecule has 1 aliphatic rings. The number of carbonyl (C=O) groups excluding carboxylic acids is 1. The maximum Gasteiger partial charge on any atom is 0.272 e. The molecular weight excluding hydrogens is 258 g/mol. The highest BCUT2D eigenvalue weighted by Crippen LogP contribution is 2.25. The molecule has 6 heteroatoms. The Morgan fingerprint density at radius 2 is 2.20 bits per heavy atom. The standard InChI is InChI=1S/C14H21N3O3/c1-14(20)7-8-17(9-11(14)18)12-6-4-5-10(15-12)13(19)16(2)3/h4-6,11,18,20H,7-9H2,1-3H3. The quantitative estimate of drug-likeness (QED) is 0.803. The molecule has 110 valence electrons. The molecule has 0 spiro atoms. The van der Waals surface area contributed by atoms with Crippen molar-refractivity contribution in [2.24, 2.45) is 0 Å². The van der Waals surface area contributed by atoms with Crippen molar-refractivity contribution in [3.63, 3.8) is 0 Å². The molecule has 0 radical (unpaired) electrons. The molecule has 0 aliphatic carbocycles. The van der Waals surface area contributed by atoms with Crippen LogP contribution in [0.1, 0.15) is 23.8 Å². The van der Waals surface area contributed by atoms with Crippen molar-refractivity contribution in [1.29, 1.82) is 0 Å². The lowest BCUT2D eigenvalue weighted by atomic mass is 9.91. The maximum absolute atomic E-state index is 11.9. The maximum atomic E-state index is 11.9. The highest BCUT2D eigenvalue weighted by atomic mass is 16.3. The Morgan fingerprint density at radius 1 is 1.50 bits per heavy atom. The molecule has 2 heterocycles. The van der Waals surface area contributed by atoms with Crippen LogP contribution in [0, 0.1) is 0 Å². The fourth-order valence-electron chi connectivity index (χ4n) is 2.18. The van der Waals surface area contributed by atoms with Gasteiger partial charge in [0.05, 0.1) is 11.7 Å². The lowest BCUT2D eigenvalue weighted by Gasteiger charge is -2.40. The van der Waals surface area contributed by atoms with Gasteiger partial charge in [-0.1, -0.05) is 6.07 Å². The van der Waals surface area contributed by atoms with Gasteiger partial charge in [0.2, 0.25) is 0 Å². The van der Waals surface area contributed by atoms with Crippen LogP contribution in [-0.4, -0.2) is 64.9 Å². The molecule has 2 N–H and O–H groups in total. The summed E-state index contributed by atoms with van der Waals surface area (Å²) in [5.41, 5.74) is -0.688. The molecule has 1 aromatic heterocycles. The van der Waals surface area contributed by atoms with Crippen molar-refractivity contribution >= 4 is 11.7 Å². The van der Waals surface area contributed by atoms with Crippen molar-refractivity contribution in [1.82, 2.24) is 9.88 Å². The van der Waals surface area contributed by atoms with E-state index in [2.05, 4.69) is 4.98 Å². The van der Waals surface area contributed by atoms with E-state index in [0.29, 0.717) is 31.0 Å². The summed E-state index contributed by atoms with van der Waals surface area (Å²) in [7, 11) is 3.36. The molecule has 0 aromatic carbocycles. The average molecular weight is 279 g/mol. The van der Waals surface area contributed by atoms with Gasteiger partial charge in [-0.15, -0.1) is 0 Å². The van der Waals surface area contributed by atoms with Crippen LogP contribution in [0.4, 0.5) is 5.82 Å². The van der Waals surface area contributed by atoms with Gasteiger partial charge >= 0.3 is 0 Å². The Hall–Kier alpha value is -1.66. The minimum absolute atomic E-state index is 0.156. The molecule has 1 aromatic rings. The van der Waals surface area contributed by atoms with E-state index < -0.39 is 11.7 Å². The first kappa shape index (κ1) is 14.7. The van der Waals surface area contributed by atoms with Crippen molar-refractivity contribution in [2.45, 2.75) is 25.0 Å². The Kier molecular flexibility index (Phi) is 3.96. The summed E-state index contributed by atoms with van der Waals surface area (Å²) in [5, 5.41) is 19.9. The van der Waals surface area contributed by atoms with E-state index in [-0.39, 0.29) is 5.91 Å². The number of anilines is 1. The zero-order valence-corrected chi connectivity index (χ0v) is 12.1. The average Bonchev–Trinajstić information content (AvgIpc) is 2.41. The third-order valence-electron chi connectivity index (χ3n) is 3.68. The molecule has 2 atom stereocenters. The van der Waals surface area contributed by atoms with E-state index in [9.17, 15) is 15.0 Å². The monoisotopic (exact) mass is 279 g/mol. The number of pyridine rings is 1. The van der Waals surface area contributed by atoms with Crippen LogP contribution in [0.15, 0.2) is 18.2 Å². The summed E-state index contributed by atoms with van der Waals surface area (Å²) in [6.07, 6.45) is -0.368. The smallest absolute Gasteiger partial charge is 0.272 e. The first-order valence-electron chi connectivity index (χ1n) is 6.65. The Labute approximate surface area is 118 Å². The van der Waals surface area contributed by atoms with Gasteiger partial charge in [-0.05, 0) is 25.5 Å². The van der Waals surface area contributed by atoms with Crippen LogP contribution in [0.2, 0.25) is 0 Å². The number of hydrogen-bond acceptors (Lipinski definition) is 5. The lowest BCUT2D eigenvalue weighted by molar-refractivity contribution is -0.0722. The molecule has 1 fully saturated rings. The zero-order valence-electron chi connectivity index (χ0n) is 12.1. The second-order valence-corrected chi connectivity index (χ2v) is 5.65. The molecule has 2 rings (SSSR count). The van der Waals surface area contributed by atoms with Crippen LogP contribution < -0.4 is 4.90 Å². The number of nitrogens with zero attached hydrogens (tertiary/aromatic N) is 3. The number of piperidine rings is 1. The summed E-state index contributed by atoms with van der Waals surface area (Å²) in [5.74, 6) is 0.489. The molecule has 1 aliphatic heterocycles. The van der Waals surface area contributed by atoms with Gasteiger partial charge in [-0.3, -0.25) is 4.79 Å². The third kappa shape index (κ3) is 2.91. The molecule has 6 nitrogen and oxygen atoms in total. The van der Waals surface area contributed by atoms with Gasteiger partial charge in [0, 0.05) is 27.2 Å². The number of aliphatic hydroxyl groups is 2. The van der Waals surface area contributed by atoms with Crippen molar-refractivity contribution in [3.05, 3.63) is 23.9 Å². The Balaban J connectivity index is 2.18. The molecule has 0 saturated carbocycles. The number of aromatic nitrogens is 1. The van der Waals surface area contributed by atoms with Gasteiger partial charge in [0.15, 0.2) is 0 Å². The number of carbonyl (C=O) groups is 1. The van der Waals surface area contributed by atoms with E-state index in [1.807, 2.05) is 4.90 Å². The van der Waals surface area contributed by atoms with Gasteiger partial charge in [-0.2, -0.15) is 0 Å². The number of hydrogen-bond donors (Lipinski definition) is 2. The van der Waals surface area contributed by atoms with Crippen molar-refractivity contribution < 1.29 is 15.0 Å². The van der Waals surface area contributed by atoms with Crippen LogP contribution in [0.3, 0.4) is 0 Å². The predicted molar refractivity (Wildman–Crippen MR) is 75.7 cm³/mol. The zero-order chi connectivity index (χ0) is 14.9. The SMILES string of the molecule is CN(C)C(=O)c1cccc(N2CCC(C)(O)C(O)C2)n1. The largest absolute Gasteiger partial charge is 0.388 e. The highest BCUT2D eigenvalue weighted by Gasteiger charge is 2.36. The van der Waals surface area contributed by atoms with Gasteiger partial charge < -0.3 is 20.0 Å². The van der Waals surface area contributed by atoms with Crippen LogP contribution in [0.25, 0.3) is 0 Å². The third-order valence-corrected chi connectivity index (χ3v) is 3.68. The molecule has 20 heavy (non-hydrogen) atoms. The number of β-amino-alcohol motifs (C(OH)–C–C–N with tert-alkyl or cyclic N) is 1. The van der Waals surface area contributed by atoms with Crippen LogP contribution in [-0.2, 0) is 0 Å². The lowest BCUT2D eigenvalue weighted by Crippen LogP contribution is -2.54. The fraction of sp³-hybridized carbons (Fsp3) is 0.571. The number of rotatable bonds is 2. The molecule has 1 amide bonds. The van der Waals surface area contributed by atoms with Crippen molar-refractivity contribution in [3.8, 4) is 0 Å². The van der Waals surface area contributed by atoms with Gasteiger partial charge in [0.25, 0.3) is 5.91 Å². The van der Waals surface area contributed by atoms with E-state index in [1.165, 1.54) is 4.90 Å². The van der Waals surface area contributed by atoms with Crippen molar-refractivity contribution in [2.75, 3.05) is 32.1 Å². The Bertz CT molecular complexity index is 502. The first-order chi connectivity index (χ1) is 9.31. The summed E-state index contributed by atoms with van der Waals surface area (Å²) in [6.45, 7) is 2.53. The second kappa shape index (κ2) is 5.38. The van der Waals surface area contributed by atoms with Gasteiger partial charge in [-0.25, -0.2) is 4.98 Å².